The molecule has 1 saturated heterocycles. The van der Waals surface area contributed by atoms with Crippen molar-refractivity contribution < 1.29 is 14.6 Å². The first kappa shape index (κ1) is 17.4. The molecule has 0 spiro atoms. The molecule has 0 aromatic carbocycles. The Labute approximate surface area is 147 Å². The molecule has 2 aromatic heterocycles. The fourth-order valence-electron chi connectivity index (χ4n) is 3.90. The molecule has 3 atom stereocenters. The summed E-state index contributed by atoms with van der Waals surface area (Å²) >= 11 is 0. The first-order chi connectivity index (χ1) is 12.3. The molecule has 1 saturated carbocycles. The number of hydrogen-bond acceptors (Lipinski definition) is 5. The van der Waals surface area contributed by atoms with Crippen LogP contribution in [0.25, 0.3) is 0 Å². The van der Waals surface area contributed by atoms with E-state index in [0.29, 0.717) is 12.0 Å². The molecular weight excluding hydrogens is 318 g/mol. The molecule has 132 valence electrons. The number of fused-ring (bicyclic) bond motifs is 1. The van der Waals surface area contributed by atoms with E-state index in [0.717, 1.165) is 30.5 Å². The van der Waals surface area contributed by atoms with Crippen LogP contribution >= 0.6 is 0 Å². The summed E-state index contributed by atoms with van der Waals surface area (Å²) in [6.45, 7) is 2.99. The maximum atomic E-state index is 8.36. The average Bonchev–Trinajstić information content (AvgIpc) is 3.19. The lowest BCUT2D eigenvalue weighted by molar-refractivity contribution is -0.122. The van der Waals surface area contributed by atoms with Gasteiger partial charge in [0.15, 0.2) is 0 Å². The monoisotopic (exact) mass is 341 g/mol. The smallest absolute Gasteiger partial charge is 0.290 e. The fraction of sp³-hybridized carbons (Fsp3) is 0.421. The number of pyridine rings is 2. The second kappa shape index (κ2) is 8.58. The topological polar surface area (TPSA) is 75.5 Å². The molecule has 0 amide bonds. The maximum Gasteiger partial charge on any atom is 0.290 e. The summed E-state index contributed by atoms with van der Waals surface area (Å²) in [7, 11) is 0. The van der Waals surface area contributed by atoms with Gasteiger partial charge in [0.1, 0.15) is 11.9 Å². The standard InChI is InChI=1S/C18H21N3O.CH2O2/c1-2-9-20-15(4-1)12-21-11-14-6-7-18(17(14)13-21)22-16-5-3-8-19-10-16;2-1-3/h1-5,8-10,14,17-18H,6-7,11-13H2;1H,(H,2,3)/t14-,17+,18-;/m1./s1. The summed E-state index contributed by atoms with van der Waals surface area (Å²) < 4.78 is 6.18. The van der Waals surface area contributed by atoms with Gasteiger partial charge in [-0.25, -0.2) is 0 Å². The van der Waals surface area contributed by atoms with Gasteiger partial charge in [0.25, 0.3) is 6.47 Å². The molecule has 1 aliphatic carbocycles. The van der Waals surface area contributed by atoms with Crippen LogP contribution in [0.5, 0.6) is 5.75 Å². The second-order valence-corrected chi connectivity index (χ2v) is 6.47. The van der Waals surface area contributed by atoms with Crippen molar-refractivity contribution in [3.05, 3.63) is 54.6 Å². The van der Waals surface area contributed by atoms with E-state index in [9.17, 15) is 0 Å². The van der Waals surface area contributed by atoms with Crippen LogP contribution in [0.15, 0.2) is 48.9 Å². The van der Waals surface area contributed by atoms with E-state index >= 15 is 0 Å². The SMILES string of the molecule is O=CO.c1ccc(CN2C[C@H]3CC[C@@H](Oc4cccnc4)[C@H]3C2)nc1. The molecule has 1 aliphatic heterocycles. The predicted octanol–water partition coefficient (Wildman–Crippen LogP) is 2.47. The van der Waals surface area contributed by atoms with E-state index < -0.39 is 0 Å². The van der Waals surface area contributed by atoms with E-state index in [1.165, 1.54) is 19.4 Å². The predicted molar refractivity (Wildman–Crippen MR) is 93.1 cm³/mol. The Morgan fingerprint density at radius 2 is 2.08 bits per heavy atom. The molecule has 0 unspecified atom stereocenters. The first-order valence-corrected chi connectivity index (χ1v) is 8.57. The Balaban J connectivity index is 0.000000569. The number of ether oxygens (including phenoxy) is 1. The summed E-state index contributed by atoms with van der Waals surface area (Å²) in [6.07, 6.45) is 8.25. The zero-order valence-corrected chi connectivity index (χ0v) is 14.1. The van der Waals surface area contributed by atoms with Crippen molar-refractivity contribution in [3.63, 3.8) is 0 Å². The Morgan fingerprint density at radius 1 is 1.20 bits per heavy atom. The van der Waals surface area contributed by atoms with Gasteiger partial charge in [-0.05, 0) is 43.0 Å². The lowest BCUT2D eigenvalue weighted by atomic mass is 9.99. The van der Waals surface area contributed by atoms with Gasteiger partial charge in [0.05, 0.1) is 11.9 Å². The largest absolute Gasteiger partial charge is 0.488 e. The van der Waals surface area contributed by atoms with E-state index in [4.69, 9.17) is 14.6 Å². The number of rotatable bonds is 4. The van der Waals surface area contributed by atoms with Gasteiger partial charge in [-0.3, -0.25) is 19.7 Å². The molecule has 2 aromatic rings. The molecule has 2 fully saturated rings. The van der Waals surface area contributed by atoms with Gasteiger partial charge >= 0.3 is 0 Å². The van der Waals surface area contributed by atoms with Crippen LogP contribution in [-0.4, -0.2) is 45.6 Å². The van der Waals surface area contributed by atoms with E-state index in [1.807, 2.05) is 30.6 Å². The van der Waals surface area contributed by atoms with E-state index in [1.54, 1.807) is 6.20 Å². The highest BCUT2D eigenvalue weighted by Crippen LogP contribution is 2.40. The van der Waals surface area contributed by atoms with Crippen molar-refractivity contribution in [1.82, 2.24) is 14.9 Å². The number of carbonyl (C=O) groups is 1. The van der Waals surface area contributed by atoms with E-state index in [2.05, 4.69) is 27.0 Å². The summed E-state index contributed by atoms with van der Waals surface area (Å²) in [5.41, 5.74) is 1.16. The molecule has 25 heavy (non-hydrogen) atoms. The van der Waals surface area contributed by atoms with Crippen molar-refractivity contribution in [2.24, 2.45) is 11.8 Å². The first-order valence-electron chi connectivity index (χ1n) is 8.57. The van der Waals surface area contributed by atoms with Gasteiger partial charge in [-0.15, -0.1) is 0 Å². The van der Waals surface area contributed by atoms with Crippen LogP contribution in [0.1, 0.15) is 18.5 Å². The average molecular weight is 341 g/mol. The lowest BCUT2D eigenvalue weighted by Crippen LogP contribution is -2.28. The van der Waals surface area contributed by atoms with Gasteiger partial charge < -0.3 is 9.84 Å². The molecule has 4 rings (SSSR count). The van der Waals surface area contributed by atoms with Gasteiger partial charge in [-0.2, -0.15) is 0 Å². The molecule has 3 heterocycles. The van der Waals surface area contributed by atoms with Crippen molar-refractivity contribution in [2.45, 2.75) is 25.5 Å². The van der Waals surface area contributed by atoms with Crippen molar-refractivity contribution in [2.75, 3.05) is 13.1 Å². The maximum absolute atomic E-state index is 8.36. The highest BCUT2D eigenvalue weighted by Gasteiger charge is 2.43. The summed E-state index contributed by atoms with van der Waals surface area (Å²) in [6, 6.07) is 10.1. The Morgan fingerprint density at radius 3 is 2.80 bits per heavy atom. The van der Waals surface area contributed by atoms with Crippen molar-refractivity contribution in [1.29, 1.82) is 0 Å². The van der Waals surface area contributed by atoms with Crippen molar-refractivity contribution in [3.8, 4) is 5.75 Å². The number of likely N-dealkylation sites (tertiary alicyclic amines) is 1. The molecule has 1 N–H and O–H groups in total. The number of aromatic nitrogens is 2. The molecule has 6 nitrogen and oxygen atoms in total. The van der Waals surface area contributed by atoms with Crippen molar-refractivity contribution >= 4 is 6.47 Å². The van der Waals surface area contributed by atoms with Crippen LogP contribution < -0.4 is 4.74 Å². The van der Waals surface area contributed by atoms with E-state index in [-0.39, 0.29) is 6.47 Å². The highest BCUT2D eigenvalue weighted by molar-refractivity contribution is 5.32. The summed E-state index contributed by atoms with van der Waals surface area (Å²) in [5, 5.41) is 6.89. The summed E-state index contributed by atoms with van der Waals surface area (Å²) in [5.74, 6) is 2.31. The minimum absolute atomic E-state index is 0.250. The van der Waals surface area contributed by atoms with Crippen LogP contribution in [-0.2, 0) is 11.3 Å². The second-order valence-electron chi connectivity index (χ2n) is 6.47. The van der Waals surface area contributed by atoms with Gasteiger partial charge in [-0.1, -0.05) is 6.07 Å². The van der Waals surface area contributed by atoms with Crippen LogP contribution in [0.4, 0.5) is 0 Å². The molecular formula is C19H23N3O3. The minimum atomic E-state index is -0.250. The molecule has 6 heteroatoms. The summed E-state index contributed by atoms with van der Waals surface area (Å²) in [4.78, 5) is 19.5. The number of carboxylic acid groups (broad SMARTS) is 1. The zero-order chi connectivity index (χ0) is 17.5. The Hall–Kier alpha value is -2.47. The Kier molecular flexibility index (Phi) is 5.95. The van der Waals surface area contributed by atoms with Crippen LogP contribution in [0.3, 0.4) is 0 Å². The fourth-order valence-corrected chi connectivity index (χ4v) is 3.90. The molecule has 0 radical (unpaired) electrons. The zero-order valence-electron chi connectivity index (χ0n) is 14.1. The third-order valence-electron chi connectivity index (χ3n) is 4.90. The van der Waals surface area contributed by atoms with Crippen LogP contribution in [0, 0.1) is 11.8 Å². The third-order valence-corrected chi connectivity index (χ3v) is 4.90. The third kappa shape index (κ3) is 4.54. The molecule has 2 aliphatic rings. The number of hydrogen-bond donors (Lipinski definition) is 1. The van der Waals surface area contributed by atoms with Gasteiger partial charge in [0, 0.05) is 37.9 Å². The minimum Gasteiger partial charge on any atom is -0.488 e. The lowest BCUT2D eigenvalue weighted by Gasteiger charge is -2.21. The normalized spacial score (nSPS) is 24.9. The number of nitrogens with zero attached hydrogens (tertiary/aromatic N) is 3. The highest BCUT2D eigenvalue weighted by atomic mass is 16.5. The quantitative estimate of drug-likeness (QED) is 0.861. The Bertz CT molecular complexity index is 653. The van der Waals surface area contributed by atoms with Crippen LogP contribution in [0.2, 0.25) is 0 Å². The molecule has 0 bridgehead atoms. The van der Waals surface area contributed by atoms with Gasteiger partial charge in [0.2, 0.25) is 0 Å².